The molecule has 0 N–H and O–H groups in total. The number of benzene rings is 1. The van der Waals surface area contributed by atoms with Gasteiger partial charge in [0.05, 0.1) is 5.02 Å². The monoisotopic (exact) mass is 284 g/mol. The summed E-state index contributed by atoms with van der Waals surface area (Å²) in [6.07, 6.45) is 0. The zero-order valence-electron chi connectivity index (χ0n) is 6.47. The highest BCUT2D eigenvalue weighted by Crippen LogP contribution is 2.15. The van der Waals surface area contributed by atoms with Crippen molar-refractivity contribution in [3.63, 3.8) is 0 Å². The van der Waals surface area contributed by atoms with Crippen molar-refractivity contribution in [2.75, 3.05) is 14.2 Å². The molecule has 0 aliphatic rings. The largest absolute Gasteiger partial charge is 0.388 e. The van der Waals surface area contributed by atoms with Crippen LogP contribution in [-0.2, 0) is 4.74 Å². The second-order valence-corrected chi connectivity index (χ2v) is 3.39. The van der Waals surface area contributed by atoms with Crippen LogP contribution in [0.5, 0.6) is 0 Å². The van der Waals surface area contributed by atoms with Gasteiger partial charge in [-0.05, 0) is 34.7 Å². The van der Waals surface area contributed by atoms with E-state index in [-0.39, 0.29) is 0 Å². The summed E-state index contributed by atoms with van der Waals surface area (Å²) in [6, 6.07) is 7.74. The summed E-state index contributed by atoms with van der Waals surface area (Å²) in [6.45, 7) is 0. The third kappa shape index (κ3) is 5.47. The van der Waals surface area contributed by atoms with Crippen LogP contribution in [0.25, 0.3) is 0 Å². The molecule has 0 aliphatic heterocycles. The van der Waals surface area contributed by atoms with Crippen molar-refractivity contribution in [2.45, 2.75) is 0 Å². The van der Waals surface area contributed by atoms with Crippen molar-refractivity contribution >= 4 is 34.2 Å². The summed E-state index contributed by atoms with van der Waals surface area (Å²) in [5, 5.41) is 0.827. The van der Waals surface area contributed by atoms with Gasteiger partial charge in [0.1, 0.15) is 0 Å². The maximum atomic E-state index is 5.70. The second kappa shape index (κ2) is 6.88. The number of rotatable bonds is 0. The van der Waals surface area contributed by atoms with Crippen LogP contribution in [0.15, 0.2) is 24.3 Å². The smallest absolute Gasteiger partial charge is 0.0539 e. The molecule has 0 atom stereocenters. The minimum absolute atomic E-state index is 0.827. The molecular weight excluding hydrogens is 274 g/mol. The van der Waals surface area contributed by atoms with Crippen molar-refractivity contribution in [3.05, 3.63) is 32.9 Å². The summed E-state index contributed by atoms with van der Waals surface area (Å²) in [4.78, 5) is 0. The predicted octanol–water partition coefficient (Wildman–Crippen LogP) is 3.21. The Balaban J connectivity index is 0.000000292. The predicted molar refractivity (Wildman–Crippen MR) is 57.1 cm³/mol. The first kappa shape index (κ1) is 11.2. The lowest BCUT2D eigenvalue weighted by atomic mass is 10.4. The molecule has 62 valence electrons. The Bertz CT molecular complexity index is 182. The Morgan fingerprint density at radius 2 is 1.73 bits per heavy atom. The molecule has 1 nitrogen and oxygen atoms in total. The third-order valence-electron chi connectivity index (χ3n) is 0.824. The van der Waals surface area contributed by atoms with Crippen molar-refractivity contribution in [1.29, 1.82) is 0 Å². The summed E-state index contributed by atoms with van der Waals surface area (Å²) in [5.41, 5.74) is 0. The average molecular weight is 285 g/mol. The first-order chi connectivity index (χ1) is 5.22. The first-order valence-electron chi connectivity index (χ1n) is 3.02. The number of methoxy groups -OCH3 is 1. The molecule has 0 fully saturated rings. The Labute approximate surface area is 85.8 Å². The third-order valence-corrected chi connectivity index (χ3v) is 2.41. The zero-order valence-corrected chi connectivity index (χ0v) is 9.39. The van der Waals surface area contributed by atoms with Gasteiger partial charge in [0, 0.05) is 17.8 Å². The minimum Gasteiger partial charge on any atom is -0.388 e. The van der Waals surface area contributed by atoms with Gasteiger partial charge in [-0.2, -0.15) is 0 Å². The van der Waals surface area contributed by atoms with Gasteiger partial charge in [-0.25, -0.2) is 0 Å². The topological polar surface area (TPSA) is 9.23 Å². The molecule has 11 heavy (non-hydrogen) atoms. The fourth-order valence-electron chi connectivity index (χ4n) is 0.439. The van der Waals surface area contributed by atoms with Crippen molar-refractivity contribution in [1.82, 2.24) is 0 Å². The second-order valence-electron chi connectivity index (χ2n) is 1.82. The highest BCUT2D eigenvalue weighted by molar-refractivity contribution is 14.1. The highest BCUT2D eigenvalue weighted by Gasteiger charge is 1.88. The molecule has 0 radical (unpaired) electrons. The normalized spacial score (nSPS) is 8.36. The lowest BCUT2D eigenvalue weighted by Crippen LogP contribution is -1.67. The van der Waals surface area contributed by atoms with Crippen LogP contribution in [0.2, 0.25) is 5.02 Å². The molecule has 1 aromatic carbocycles. The lowest BCUT2D eigenvalue weighted by Gasteiger charge is -1.89. The Hall–Kier alpha value is 0.200. The molecule has 1 rings (SSSR count). The molecule has 0 saturated carbocycles. The molecule has 0 heterocycles. The Kier molecular flexibility index (Phi) is 7.01. The molecule has 0 unspecified atom stereocenters. The van der Waals surface area contributed by atoms with Crippen molar-refractivity contribution in [3.8, 4) is 0 Å². The van der Waals surface area contributed by atoms with E-state index in [0.29, 0.717) is 0 Å². The van der Waals surface area contributed by atoms with E-state index in [1.165, 1.54) is 0 Å². The maximum absolute atomic E-state index is 5.70. The van der Waals surface area contributed by atoms with E-state index < -0.39 is 0 Å². The van der Waals surface area contributed by atoms with Crippen molar-refractivity contribution < 1.29 is 4.74 Å². The SMILES string of the molecule is COC.Clc1ccccc1I. The lowest BCUT2D eigenvalue weighted by molar-refractivity contribution is 0.277. The number of ether oxygens (including phenoxy) is 1. The van der Waals surface area contributed by atoms with Gasteiger partial charge in [0.25, 0.3) is 0 Å². The summed E-state index contributed by atoms with van der Waals surface area (Å²) in [7, 11) is 3.25. The quantitative estimate of drug-likeness (QED) is 0.665. The highest BCUT2D eigenvalue weighted by atomic mass is 127. The van der Waals surface area contributed by atoms with Gasteiger partial charge in [-0.15, -0.1) is 0 Å². The van der Waals surface area contributed by atoms with Crippen LogP contribution in [0.4, 0.5) is 0 Å². The van der Waals surface area contributed by atoms with Crippen LogP contribution in [0.1, 0.15) is 0 Å². The van der Waals surface area contributed by atoms with E-state index in [1.54, 1.807) is 14.2 Å². The fraction of sp³-hybridized carbons (Fsp3) is 0.250. The van der Waals surface area contributed by atoms with Gasteiger partial charge in [0.15, 0.2) is 0 Å². The van der Waals surface area contributed by atoms with Gasteiger partial charge < -0.3 is 4.74 Å². The Morgan fingerprint density at radius 1 is 1.27 bits per heavy atom. The summed E-state index contributed by atoms with van der Waals surface area (Å²) in [5.74, 6) is 0. The number of hydrogen-bond acceptors (Lipinski definition) is 1. The maximum Gasteiger partial charge on any atom is 0.0539 e. The van der Waals surface area contributed by atoms with Crippen LogP contribution < -0.4 is 0 Å². The first-order valence-corrected chi connectivity index (χ1v) is 4.48. The fourth-order valence-corrected chi connectivity index (χ4v) is 0.962. The average Bonchev–Trinajstić information content (AvgIpc) is 1.97. The van der Waals surface area contributed by atoms with Gasteiger partial charge in [-0.3, -0.25) is 0 Å². The van der Waals surface area contributed by atoms with Crippen LogP contribution in [0, 0.1) is 3.57 Å². The molecule has 0 aliphatic carbocycles. The van der Waals surface area contributed by atoms with E-state index in [9.17, 15) is 0 Å². The van der Waals surface area contributed by atoms with Crippen LogP contribution in [-0.4, -0.2) is 14.2 Å². The molecule has 0 amide bonds. The standard InChI is InChI=1S/C6H4ClI.C2H6O/c7-5-3-1-2-4-6(5)8;1-3-2/h1-4H;1-2H3. The van der Waals surface area contributed by atoms with Gasteiger partial charge in [0.2, 0.25) is 0 Å². The molecule has 0 saturated heterocycles. The van der Waals surface area contributed by atoms with Gasteiger partial charge in [-0.1, -0.05) is 23.7 Å². The minimum atomic E-state index is 0.827. The molecule has 3 heteroatoms. The molecule has 1 aromatic rings. The van der Waals surface area contributed by atoms with Crippen molar-refractivity contribution in [2.24, 2.45) is 0 Å². The van der Waals surface area contributed by atoms with E-state index >= 15 is 0 Å². The molecule has 0 aromatic heterocycles. The summed E-state index contributed by atoms with van der Waals surface area (Å²) < 4.78 is 5.35. The molecule has 0 spiro atoms. The number of halogens is 2. The van der Waals surface area contributed by atoms with Gasteiger partial charge >= 0.3 is 0 Å². The summed E-state index contributed by atoms with van der Waals surface area (Å²) >= 11 is 7.89. The van der Waals surface area contributed by atoms with E-state index in [2.05, 4.69) is 27.3 Å². The zero-order chi connectivity index (χ0) is 8.69. The molecular formula is C8H10ClIO. The Morgan fingerprint density at radius 3 is 2.00 bits per heavy atom. The van der Waals surface area contributed by atoms with Crippen LogP contribution >= 0.6 is 34.2 Å². The van der Waals surface area contributed by atoms with E-state index in [0.717, 1.165) is 8.59 Å². The van der Waals surface area contributed by atoms with E-state index in [1.807, 2.05) is 24.3 Å². The number of hydrogen-bond donors (Lipinski definition) is 0. The van der Waals surface area contributed by atoms with E-state index in [4.69, 9.17) is 11.6 Å². The molecule has 0 bridgehead atoms. The van der Waals surface area contributed by atoms with Crippen LogP contribution in [0.3, 0.4) is 0 Å².